The summed E-state index contributed by atoms with van der Waals surface area (Å²) in [5, 5.41) is 5.51. The van der Waals surface area contributed by atoms with E-state index >= 15 is 0 Å². The molecule has 4 heteroatoms. The molecule has 0 aromatic heterocycles. The third kappa shape index (κ3) is 4.94. The average Bonchev–Trinajstić information content (AvgIpc) is 2.42. The number of nitrogens with one attached hydrogen (secondary N) is 2. The molecule has 0 radical (unpaired) electrons. The minimum absolute atomic E-state index is 0.00857. The van der Waals surface area contributed by atoms with Crippen molar-refractivity contribution in [1.29, 1.82) is 0 Å². The highest BCUT2D eigenvalue weighted by molar-refractivity contribution is 5.88. The maximum atomic E-state index is 12.2. The molecule has 1 fully saturated rings. The van der Waals surface area contributed by atoms with Gasteiger partial charge in [0.25, 0.3) is 0 Å². The fourth-order valence-corrected chi connectivity index (χ4v) is 2.42. The minimum atomic E-state index is -0.497. The smallest absolute Gasteiger partial charge is 0.243 e. The van der Waals surface area contributed by atoms with Crippen LogP contribution in [0.4, 0.5) is 0 Å². The van der Waals surface area contributed by atoms with Gasteiger partial charge in [-0.25, -0.2) is 0 Å². The van der Waals surface area contributed by atoms with Crippen molar-refractivity contribution in [3.8, 4) is 12.3 Å². The van der Waals surface area contributed by atoms with E-state index in [4.69, 9.17) is 6.42 Å². The van der Waals surface area contributed by atoms with E-state index in [-0.39, 0.29) is 30.2 Å². The summed E-state index contributed by atoms with van der Waals surface area (Å²) in [7, 11) is 0. The van der Waals surface area contributed by atoms with Crippen molar-refractivity contribution in [3.63, 3.8) is 0 Å². The Balaban J connectivity index is 2.55. The molecule has 0 aliphatic heterocycles. The molecule has 19 heavy (non-hydrogen) atoms. The van der Waals surface area contributed by atoms with Crippen LogP contribution in [0.3, 0.4) is 0 Å². The molecule has 2 amide bonds. The maximum Gasteiger partial charge on any atom is 0.243 e. The molecule has 1 rings (SSSR count). The first-order valence-electron chi connectivity index (χ1n) is 7.07. The van der Waals surface area contributed by atoms with E-state index in [2.05, 4.69) is 16.6 Å². The van der Waals surface area contributed by atoms with Crippen molar-refractivity contribution in [1.82, 2.24) is 10.6 Å². The van der Waals surface area contributed by atoms with Gasteiger partial charge in [0.2, 0.25) is 11.8 Å². The zero-order valence-corrected chi connectivity index (χ0v) is 11.9. The Morgan fingerprint density at radius 1 is 1.26 bits per heavy atom. The lowest BCUT2D eigenvalue weighted by atomic mass is 9.88. The van der Waals surface area contributed by atoms with Gasteiger partial charge in [0.05, 0.1) is 6.54 Å². The van der Waals surface area contributed by atoms with E-state index in [1.165, 1.54) is 6.42 Å². The summed E-state index contributed by atoms with van der Waals surface area (Å²) in [6.45, 7) is 4.03. The molecule has 0 aromatic rings. The molecule has 1 unspecified atom stereocenters. The zero-order valence-electron chi connectivity index (χ0n) is 11.9. The molecule has 0 heterocycles. The number of hydrogen-bond donors (Lipinski definition) is 2. The van der Waals surface area contributed by atoms with Crippen LogP contribution in [0.5, 0.6) is 0 Å². The molecule has 0 saturated heterocycles. The van der Waals surface area contributed by atoms with Crippen molar-refractivity contribution in [2.75, 3.05) is 6.54 Å². The van der Waals surface area contributed by atoms with Gasteiger partial charge in [-0.2, -0.15) is 0 Å². The summed E-state index contributed by atoms with van der Waals surface area (Å²) in [4.78, 5) is 24.1. The number of hydrogen-bond acceptors (Lipinski definition) is 2. The minimum Gasteiger partial charge on any atom is -0.344 e. The van der Waals surface area contributed by atoms with Crippen LogP contribution in [0.25, 0.3) is 0 Å². The average molecular weight is 264 g/mol. The third-order valence-corrected chi connectivity index (χ3v) is 3.59. The quantitative estimate of drug-likeness (QED) is 0.739. The predicted molar refractivity (Wildman–Crippen MR) is 75.2 cm³/mol. The molecule has 0 bridgehead atoms. The third-order valence-electron chi connectivity index (χ3n) is 3.59. The van der Waals surface area contributed by atoms with Crippen LogP contribution in [-0.2, 0) is 9.59 Å². The van der Waals surface area contributed by atoms with Crippen LogP contribution in [-0.4, -0.2) is 24.4 Å². The van der Waals surface area contributed by atoms with E-state index in [0.29, 0.717) is 0 Å². The van der Waals surface area contributed by atoms with E-state index < -0.39 is 6.04 Å². The molecule has 0 spiro atoms. The number of carbonyl (C=O) groups is 2. The van der Waals surface area contributed by atoms with Crippen LogP contribution in [0.15, 0.2) is 0 Å². The SMILES string of the molecule is C#CCNC(=O)C(NC(=O)C1CCCCC1)C(C)C. The van der Waals surface area contributed by atoms with Gasteiger partial charge >= 0.3 is 0 Å². The van der Waals surface area contributed by atoms with Crippen molar-refractivity contribution < 1.29 is 9.59 Å². The molecular weight excluding hydrogens is 240 g/mol. The number of rotatable bonds is 5. The predicted octanol–water partition coefficient (Wildman–Crippen LogP) is 1.46. The summed E-state index contributed by atoms with van der Waals surface area (Å²) in [5.41, 5.74) is 0. The number of amides is 2. The highest BCUT2D eigenvalue weighted by Gasteiger charge is 2.28. The summed E-state index contributed by atoms with van der Waals surface area (Å²) < 4.78 is 0. The van der Waals surface area contributed by atoms with Crippen molar-refractivity contribution in [2.24, 2.45) is 11.8 Å². The molecule has 1 saturated carbocycles. The highest BCUT2D eigenvalue weighted by Crippen LogP contribution is 2.24. The van der Waals surface area contributed by atoms with Crippen LogP contribution in [0.1, 0.15) is 46.0 Å². The fraction of sp³-hybridized carbons (Fsp3) is 0.733. The number of terminal acetylenes is 1. The Bertz CT molecular complexity index is 352. The van der Waals surface area contributed by atoms with E-state index in [1.54, 1.807) is 0 Å². The summed E-state index contributed by atoms with van der Waals surface area (Å²) in [5.74, 6) is 2.29. The first-order chi connectivity index (χ1) is 9.06. The van der Waals surface area contributed by atoms with E-state index in [0.717, 1.165) is 25.7 Å². The Morgan fingerprint density at radius 2 is 1.89 bits per heavy atom. The van der Waals surface area contributed by atoms with Crippen LogP contribution in [0.2, 0.25) is 0 Å². The van der Waals surface area contributed by atoms with Gasteiger partial charge in [0.1, 0.15) is 6.04 Å². The Kier molecular flexibility index (Phi) is 6.41. The number of carbonyl (C=O) groups excluding carboxylic acids is 2. The monoisotopic (exact) mass is 264 g/mol. The van der Waals surface area contributed by atoms with Crippen LogP contribution in [0, 0.1) is 24.2 Å². The lowest BCUT2D eigenvalue weighted by Crippen LogP contribution is -2.51. The highest BCUT2D eigenvalue weighted by atomic mass is 16.2. The van der Waals surface area contributed by atoms with Gasteiger partial charge in [-0.3, -0.25) is 9.59 Å². The van der Waals surface area contributed by atoms with Crippen molar-refractivity contribution >= 4 is 11.8 Å². The Morgan fingerprint density at radius 3 is 2.42 bits per heavy atom. The summed E-state index contributed by atoms with van der Waals surface area (Å²) in [6.07, 6.45) is 10.4. The second kappa shape index (κ2) is 7.83. The van der Waals surface area contributed by atoms with Crippen molar-refractivity contribution in [2.45, 2.75) is 52.0 Å². The molecule has 1 atom stereocenters. The summed E-state index contributed by atoms with van der Waals surface area (Å²) in [6, 6.07) is -0.497. The molecule has 1 aliphatic carbocycles. The lowest BCUT2D eigenvalue weighted by Gasteiger charge is -2.26. The Labute approximate surface area is 115 Å². The lowest BCUT2D eigenvalue weighted by molar-refractivity contribution is -0.132. The van der Waals surface area contributed by atoms with E-state index in [1.807, 2.05) is 13.8 Å². The Hall–Kier alpha value is -1.50. The van der Waals surface area contributed by atoms with Gasteiger partial charge in [0.15, 0.2) is 0 Å². The molecule has 2 N–H and O–H groups in total. The van der Waals surface area contributed by atoms with Crippen LogP contribution >= 0.6 is 0 Å². The molecule has 1 aliphatic rings. The van der Waals surface area contributed by atoms with Gasteiger partial charge < -0.3 is 10.6 Å². The zero-order chi connectivity index (χ0) is 14.3. The standard InChI is InChI=1S/C15H24N2O2/c1-4-10-16-15(19)13(11(2)3)17-14(18)12-8-6-5-7-9-12/h1,11-13H,5-10H2,2-3H3,(H,16,19)(H,17,18). The topological polar surface area (TPSA) is 58.2 Å². The molecule has 106 valence electrons. The normalized spacial score (nSPS) is 17.6. The maximum absolute atomic E-state index is 12.2. The largest absolute Gasteiger partial charge is 0.344 e. The molecule has 4 nitrogen and oxygen atoms in total. The van der Waals surface area contributed by atoms with Gasteiger partial charge in [-0.05, 0) is 18.8 Å². The molecular formula is C15H24N2O2. The van der Waals surface area contributed by atoms with Gasteiger partial charge in [0, 0.05) is 5.92 Å². The second-order valence-corrected chi connectivity index (χ2v) is 5.49. The first kappa shape index (κ1) is 15.6. The summed E-state index contributed by atoms with van der Waals surface area (Å²) >= 11 is 0. The fourth-order valence-electron chi connectivity index (χ4n) is 2.42. The van der Waals surface area contributed by atoms with Gasteiger partial charge in [-0.1, -0.05) is 39.0 Å². The van der Waals surface area contributed by atoms with Crippen LogP contribution < -0.4 is 10.6 Å². The van der Waals surface area contributed by atoms with Gasteiger partial charge in [-0.15, -0.1) is 6.42 Å². The first-order valence-corrected chi connectivity index (χ1v) is 7.07. The molecule has 0 aromatic carbocycles. The van der Waals surface area contributed by atoms with E-state index in [9.17, 15) is 9.59 Å². The van der Waals surface area contributed by atoms with Crippen molar-refractivity contribution in [3.05, 3.63) is 0 Å². The second-order valence-electron chi connectivity index (χ2n) is 5.49.